The number of benzene rings is 2. The third-order valence-electron chi connectivity index (χ3n) is 5.03. The summed E-state index contributed by atoms with van der Waals surface area (Å²) in [5.74, 6) is -0.390. The molecule has 0 spiro atoms. The van der Waals surface area contributed by atoms with E-state index in [-0.39, 0.29) is 35.7 Å². The van der Waals surface area contributed by atoms with E-state index in [0.717, 1.165) is 5.56 Å². The summed E-state index contributed by atoms with van der Waals surface area (Å²) in [6.07, 6.45) is 0.770. The fourth-order valence-electron chi connectivity index (χ4n) is 3.26. The van der Waals surface area contributed by atoms with Crippen LogP contribution in [-0.2, 0) is 14.8 Å². The van der Waals surface area contributed by atoms with Gasteiger partial charge < -0.3 is 4.74 Å². The van der Waals surface area contributed by atoms with Gasteiger partial charge >= 0.3 is 5.97 Å². The van der Waals surface area contributed by atoms with Gasteiger partial charge in [-0.15, -0.1) is 0 Å². The molecule has 2 aromatic rings. The molecular formula is C21H22ClNO5S. The lowest BCUT2D eigenvalue weighted by Gasteiger charge is -2.30. The molecule has 0 aliphatic carbocycles. The summed E-state index contributed by atoms with van der Waals surface area (Å²) in [5.41, 5.74) is 1.22. The Morgan fingerprint density at radius 3 is 2.24 bits per heavy atom. The van der Waals surface area contributed by atoms with Crippen molar-refractivity contribution in [2.75, 3.05) is 13.1 Å². The third kappa shape index (κ3) is 4.86. The molecule has 0 unspecified atom stereocenters. The van der Waals surface area contributed by atoms with Crippen molar-refractivity contribution in [3.05, 3.63) is 58.6 Å². The smallest absolute Gasteiger partial charge is 0.314 e. The first kappa shape index (κ1) is 21.5. The molecule has 1 heterocycles. The summed E-state index contributed by atoms with van der Waals surface area (Å²) < 4.78 is 32.5. The van der Waals surface area contributed by atoms with Crippen LogP contribution in [0.2, 0.25) is 5.02 Å². The summed E-state index contributed by atoms with van der Waals surface area (Å²) in [6, 6.07) is 10.9. The van der Waals surface area contributed by atoms with Crippen LogP contribution in [0.1, 0.15) is 35.7 Å². The average molecular weight is 436 g/mol. The zero-order chi connectivity index (χ0) is 21.2. The van der Waals surface area contributed by atoms with Crippen LogP contribution >= 0.6 is 11.6 Å². The molecule has 1 saturated heterocycles. The number of rotatable bonds is 5. The lowest BCUT2D eigenvalue weighted by Crippen LogP contribution is -2.41. The van der Waals surface area contributed by atoms with Crippen molar-refractivity contribution in [2.24, 2.45) is 5.92 Å². The lowest BCUT2D eigenvalue weighted by molar-refractivity contribution is -0.140. The van der Waals surface area contributed by atoms with Crippen molar-refractivity contribution < 1.29 is 22.7 Å². The van der Waals surface area contributed by atoms with Gasteiger partial charge in [-0.2, -0.15) is 4.31 Å². The lowest BCUT2D eigenvalue weighted by atomic mass is 9.98. The average Bonchev–Trinajstić information content (AvgIpc) is 2.70. The minimum Gasteiger partial charge on any atom is -0.426 e. The Hall–Kier alpha value is -2.22. The van der Waals surface area contributed by atoms with E-state index < -0.39 is 10.0 Å². The van der Waals surface area contributed by atoms with Crippen LogP contribution in [0.3, 0.4) is 0 Å². The van der Waals surface area contributed by atoms with Crippen molar-refractivity contribution in [3.8, 4) is 5.75 Å². The van der Waals surface area contributed by atoms with Crippen LogP contribution in [0, 0.1) is 12.8 Å². The topological polar surface area (TPSA) is 80.8 Å². The highest BCUT2D eigenvalue weighted by atomic mass is 35.5. The number of ketones is 1. The summed E-state index contributed by atoms with van der Waals surface area (Å²) in [5, 5.41) is 0.567. The van der Waals surface area contributed by atoms with E-state index >= 15 is 0 Å². The molecule has 0 atom stereocenters. The first-order valence-corrected chi connectivity index (χ1v) is 11.1. The number of Topliss-reactive ketones (excluding diaryl/α,β-unsaturated/α-hetero) is 1. The Balaban J connectivity index is 1.63. The number of nitrogens with zero attached hydrogens (tertiary/aromatic N) is 1. The summed E-state index contributed by atoms with van der Waals surface area (Å²) in [4.78, 5) is 24.0. The monoisotopic (exact) mass is 435 g/mol. The van der Waals surface area contributed by atoms with Crippen LogP contribution in [0.25, 0.3) is 0 Å². The number of piperidine rings is 1. The maximum absolute atomic E-state index is 12.8. The van der Waals surface area contributed by atoms with Gasteiger partial charge in [-0.25, -0.2) is 8.42 Å². The van der Waals surface area contributed by atoms with Crippen LogP contribution in [-0.4, -0.2) is 37.6 Å². The van der Waals surface area contributed by atoms with Crippen molar-refractivity contribution in [1.29, 1.82) is 0 Å². The van der Waals surface area contributed by atoms with E-state index in [0.29, 0.717) is 29.2 Å². The molecule has 0 N–H and O–H groups in total. The van der Waals surface area contributed by atoms with Gasteiger partial charge in [0.15, 0.2) is 5.78 Å². The maximum Gasteiger partial charge on any atom is 0.314 e. The summed E-state index contributed by atoms with van der Waals surface area (Å²) in [7, 11) is -3.67. The summed E-state index contributed by atoms with van der Waals surface area (Å²) >= 11 is 5.92. The normalized spacial score (nSPS) is 15.8. The molecule has 0 bridgehead atoms. The zero-order valence-corrected chi connectivity index (χ0v) is 17.8. The largest absolute Gasteiger partial charge is 0.426 e. The van der Waals surface area contributed by atoms with Crippen LogP contribution < -0.4 is 4.74 Å². The van der Waals surface area contributed by atoms with Gasteiger partial charge in [-0.1, -0.05) is 23.7 Å². The van der Waals surface area contributed by atoms with E-state index in [1.165, 1.54) is 35.5 Å². The highest BCUT2D eigenvalue weighted by Crippen LogP contribution is 2.27. The SMILES string of the molecule is CC(=O)c1ccc(S(=O)(=O)N2CCC(C(=O)Oc3ccc(Cl)cc3C)CC2)cc1. The van der Waals surface area contributed by atoms with E-state index in [1.54, 1.807) is 25.1 Å². The Morgan fingerprint density at radius 2 is 1.69 bits per heavy atom. The number of hydrogen-bond acceptors (Lipinski definition) is 5. The quantitative estimate of drug-likeness (QED) is 0.404. The number of carbonyl (C=O) groups excluding carboxylic acids is 2. The van der Waals surface area contributed by atoms with Gasteiger partial charge in [-0.05, 0) is 62.6 Å². The van der Waals surface area contributed by atoms with Crippen LogP contribution in [0.5, 0.6) is 5.75 Å². The second-order valence-electron chi connectivity index (χ2n) is 7.09. The van der Waals surface area contributed by atoms with Gasteiger partial charge in [0.2, 0.25) is 10.0 Å². The number of sulfonamides is 1. The first-order valence-electron chi connectivity index (χ1n) is 9.27. The van der Waals surface area contributed by atoms with E-state index in [1.807, 2.05) is 0 Å². The number of halogens is 1. The minimum absolute atomic E-state index is 0.121. The fourth-order valence-corrected chi connectivity index (χ4v) is 4.96. The molecule has 0 amide bonds. The molecule has 0 radical (unpaired) electrons. The van der Waals surface area contributed by atoms with Crippen molar-refractivity contribution in [3.63, 3.8) is 0 Å². The van der Waals surface area contributed by atoms with Crippen molar-refractivity contribution in [2.45, 2.75) is 31.6 Å². The highest BCUT2D eigenvalue weighted by molar-refractivity contribution is 7.89. The Kier molecular flexibility index (Phi) is 6.41. The zero-order valence-electron chi connectivity index (χ0n) is 16.2. The van der Waals surface area contributed by atoms with E-state index in [2.05, 4.69) is 0 Å². The third-order valence-corrected chi connectivity index (χ3v) is 7.18. The van der Waals surface area contributed by atoms with Gasteiger partial charge in [-0.3, -0.25) is 9.59 Å². The molecule has 0 aromatic heterocycles. The molecule has 2 aromatic carbocycles. The second-order valence-corrected chi connectivity index (χ2v) is 9.46. The number of hydrogen-bond donors (Lipinski definition) is 0. The molecule has 3 rings (SSSR count). The van der Waals surface area contributed by atoms with Gasteiger partial charge in [0, 0.05) is 23.7 Å². The molecule has 1 aliphatic rings. The standard InChI is InChI=1S/C21H22ClNO5S/c1-14-13-18(22)5-8-20(14)28-21(25)17-9-11-23(12-10-17)29(26,27)19-6-3-16(4-7-19)15(2)24/h3-8,13,17H,9-12H2,1-2H3. The molecule has 0 saturated carbocycles. The Bertz CT molecular complexity index is 1030. The maximum atomic E-state index is 12.8. The van der Waals surface area contributed by atoms with Gasteiger partial charge in [0.1, 0.15) is 5.75 Å². The number of esters is 1. The Morgan fingerprint density at radius 1 is 1.07 bits per heavy atom. The van der Waals surface area contributed by atoms with Crippen LogP contribution in [0.4, 0.5) is 0 Å². The van der Waals surface area contributed by atoms with E-state index in [9.17, 15) is 18.0 Å². The fraction of sp³-hybridized carbons (Fsp3) is 0.333. The molecular weight excluding hydrogens is 414 g/mol. The van der Waals surface area contributed by atoms with Gasteiger partial charge in [0.05, 0.1) is 10.8 Å². The Labute approximate surface area is 175 Å². The molecule has 8 heteroatoms. The number of ether oxygens (including phenoxy) is 1. The van der Waals surface area contributed by atoms with Gasteiger partial charge in [0.25, 0.3) is 0 Å². The molecule has 29 heavy (non-hydrogen) atoms. The van der Waals surface area contributed by atoms with Crippen molar-refractivity contribution in [1.82, 2.24) is 4.31 Å². The summed E-state index contributed by atoms with van der Waals surface area (Å²) in [6.45, 7) is 3.70. The van der Waals surface area contributed by atoms with Crippen molar-refractivity contribution >= 4 is 33.4 Å². The molecule has 6 nitrogen and oxygen atoms in total. The molecule has 1 aliphatic heterocycles. The minimum atomic E-state index is -3.67. The second kappa shape index (κ2) is 8.65. The highest BCUT2D eigenvalue weighted by Gasteiger charge is 2.33. The predicted molar refractivity (Wildman–Crippen MR) is 110 cm³/mol. The number of carbonyl (C=O) groups is 2. The predicted octanol–water partition coefficient (Wildman–Crippen LogP) is 3.86. The van der Waals surface area contributed by atoms with Crippen LogP contribution in [0.15, 0.2) is 47.4 Å². The molecule has 154 valence electrons. The molecule has 1 fully saturated rings. The number of aryl methyl sites for hydroxylation is 1. The first-order chi connectivity index (χ1) is 13.7. The van der Waals surface area contributed by atoms with E-state index in [4.69, 9.17) is 16.3 Å².